The van der Waals surface area contributed by atoms with Crippen molar-refractivity contribution in [3.63, 3.8) is 0 Å². The number of Topliss-reactive ketones (excluding diaryl/α,β-unsaturated/α-hetero) is 1. The number of hydrogen-bond donors (Lipinski definition) is 1. The topological polar surface area (TPSA) is 50.7 Å². The average Bonchev–Trinajstić information content (AvgIpc) is 3.29. The van der Waals surface area contributed by atoms with Crippen LogP contribution in [0, 0.1) is 0 Å². The van der Waals surface area contributed by atoms with E-state index in [4.69, 9.17) is 5.73 Å². The number of carbonyl (C=O) groups is 1. The number of rotatable bonds is 8. The molecule has 1 atom stereocenters. The van der Waals surface area contributed by atoms with E-state index in [-0.39, 0.29) is 11.8 Å². The van der Waals surface area contributed by atoms with Crippen LogP contribution in [-0.2, 0) is 0 Å². The van der Waals surface area contributed by atoms with Gasteiger partial charge in [-0.05, 0) is 42.2 Å². The fourth-order valence-electron chi connectivity index (χ4n) is 5.35. The second-order valence-electron chi connectivity index (χ2n) is 9.43. The molecule has 2 N–H and O–H groups in total. The number of pyridine rings is 1. The number of nitrogens with zero attached hydrogens (tertiary/aromatic N) is 2. The molecule has 1 saturated carbocycles. The van der Waals surface area contributed by atoms with E-state index >= 15 is 0 Å². The molecule has 0 bridgehead atoms. The van der Waals surface area contributed by atoms with Crippen LogP contribution in [0.1, 0.15) is 54.2 Å². The average molecular weight is 452 g/mol. The second kappa shape index (κ2) is 10.4. The lowest BCUT2D eigenvalue weighted by Gasteiger charge is -2.35. The SMILES string of the molecule is NC(CN(CC(=O)c1c(-c2ccccc2)cc2ccccn12)C1CCCCC1)c1ccccc1. The summed E-state index contributed by atoms with van der Waals surface area (Å²) in [5, 5.41) is 0. The number of hydrogen-bond acceptors (Lipinski definition) is 3. The third-order valence-corrected chi connectivity index (χ3v) is 7.13. The minimum absolute atomic E-state index is 0.117. The summed E-state index contributed by atoms with van der Waals surface area (Å²) in [6, 6.07) is 29.0. The first-order valence-electron chi connectivity index (χ1n) is 12.4. The van der Waals surface area contributed by atoms with Crippen LogP contribution in [0.3, 0.4) is 0 Å². The number of benzene rings is 2. The minimum Gasteiger partial charge on any atom is -0.323 e. The Hall–Kier alpha value is -3.21. The van der Waals surface area contributed by atoms with Gasteiger partial charge in [0.1, 0.15) is 0 Å². The van der Waals surface area contributed by atoms with Crippen molar-refractivity contribution in [1.29, 1.82) is 0 Å². The fraction of sp³-hybridized carbons (Fsp3) is 0.300. The molecule has 0 radical (unpaired) electrons. The summed E-state index contributed by atoms with van der Waals surface area (Å²) in [6.45, 7) is 1.07. The Morgan fingerprint density at radius 1 is 0.912 bits per heavy atom. The summed E-state index contributed by atoms with van der Waals surface area (Å²) < 4.78 is 2.04. The van der Waals surface area contributed by atoms with Crippen molar-refractivity contribution in [3.8, 4) is 11.1 Å². The highest BCUT2D eigenvalue weighted by atomic mass is 16.1. The molecular formula is C30H33N3O. The number of nitrogens with two attached hydrogens (primary N) is 1. The van der Waals surface area contributed by atoms with Gasteiger partial charge in [0.2, 0.25) is 0 Å². The Morgan fingerprint density at radius 2 is 1.59 bits per heavy atom. The van der Waals surface area contributed by atoms with Crippen molar-refractivity contribution in [1.82, 2.24) is 9.30 Å². The van der Waals surface area contributed by atoms with Crippen LogP contribution in [0.4, 0.5) is 0 Å². The molecule has 0 aliphatic heterocycles. The lowest BCUT2D eigenvalue weighted by Crippen LogP contribution is -2.44. The van der Waals surface area contributed by atoms with E-state index in [0.717, 1.165) is 40.7 Å². The smallest absolute Gasteiger partial charge is 0.194 e. The summed E-state index contributed by atoms with van der Waals surface area (Å²) in [7, 11) is 0. The van der Waals surface area contributed by atoms with Gasteiger partial charge in [-0.1, -0.05) is 86.0 Å². The van der Waals surface area contributed by atoms with E-state index < -0.39 is 0 Å². The van der Waals surface area contributed by atoms with Crippen LogP contribution >= 0.6 is 0 Å². The molecule has 2 aromatic carbocycles. The molecule has 4 aromatic rings. The van der Waals surface area contributed by atoms with E-state index in [1.165, 1.54) is 19.3 Å². The lowest BCUT2D eigenvalue weighted by atomic mass is 9.93. The summed E-state index contributed by atoms with van der Waals surface area (Å²) in [6.07, 6.45) is 7.99. The van der Waals surface area contributed by atoms with Gasteiger partial charge in [0, 0.05) is 35.9 Å². The Balaban J connectivity index is 1.47. The molecule has 1 aliphatic rings. The molecule has 4 heteroatoms. The predicted molar refractivity (Wildman–Crippen MR) is 139 cm³/mol. The largest absolute Gasteiger partial charge is 0.323 e. The lowest BCUT2D eigenvalue weighted by molar-refractivity contribution is 0.0841. The van der Waals surface area contributed by atoms with Gasteiger partial charge in [-0.15, -0.1) is 0 Å². The first-order chi connectivity index (χ1) is 16.7. The predicted octanol–water partition coefficient (Wildman–Crippen LogP) is 6.12. The molecule has 0 amide bonds. The zero-order chi connectivity index (χ0) is 23.3. The molecule has 4 nitrogen and oxygen atoms in total. The van der Waals surface area contributed by atoms with Gasteiger partial charge in [-0.25, -0.2) is 0 Å². The monoisotopic (exact) mass is 451 g/mol. The number of ketones is 1. The van der Waals surface area contributed by atoms with Gasteiger partial charge in [0.25, 0.3) is 0 Å². The highest BCUT2D eigenvalue weighted by Crippen LogP contribution is 2.30. The van der Waals surface area contributed by atoms with Crippen molar-refractivity contribution in [2.24, 2.45) is 5.73 Å². The summed E-state index contributed by atoms with van der Waals surface area (Å²) in [5.41, 5.74) is 11.6. The molecule has 1 unspecified atom stereocenters. The van der Waals surface area contributed by atoms with E-state index in [0.29, 0.717) is 19.1 Å². The van der Waals surface area contributed by atoms with E-state index in [2.05, 4.69) is 41.3 Å². The van der Waals surface area contributed by atoms with Crippen LogP contribution < -0.4 is 5.73 Å². The third-order valence-electron chi connectivity index (χ3n) is 7.13. The highest BCUT2D eigenvalue weighted by molar-refractivity contribution is 6.04. The van der Waals surface area contributed by atoms with Crippen LogP contribution in [0.5, 0.6) is 0 Å². The quantitative estimate of drug-likeness (QED) is 0.328. The Bertz CT molecular complexity index is 1230. The molecule has 2 heterocycles. The molecule has 5 rings (SSSR count). The van der Waals surface area contributed by atoms with Crippen molar-refractivity contribution in [2.45, 2.75) is 44.2 Å². The van der Waals surface area contributed by atoms with E-state index in [1.807, 2.05) is 59.1 Å². The van der Waals surface area contributed by atoms with Gasteiger partial charge >= 0.3 is 0 Å². The first kappa shape index (κ1) is 22.6. The molecule has 174 valence electrons. The summed E-state index contributed by atoms with van der Waals surface area (Å²) in [5.74, 6) is 0.149. The Kier molecular flexibility index (Phi) is 6.89. The summed E-state index contributed by atoms with van der Waals surface area (Å²) in [4.78, 5) is 16.3. The van der Waals surface area contributed by atoms with Crippen molar-refractivity contribution in [3.05, 3.63) is 102 Å². The molecular weight excluding hydrogens is 418 g/mol. The maximum atomic E-state index is 14.0. The molecule has 2 aromatic heterocycles. The standard InChI is InChI=1S/C30H33N3O/c31-28(24-14-6-2-7-15-24)21-32(25-16-8-3-9-17-25)22-29(34)30-27(23-12-4-1-5-13-23)20-26-18-10-11-19-33(26)30/h1-2,4-7,10-15,18-20,25,28H,3,8-9,16-17,21-22,31H2. The molecule has 34 heavy (non-hydrogen) atoms. The molecule has 0 saturated heterocycles. The summed E-state index contributed by atoms with van der Waals surface area (Å²) >= 11 is 0. The maximum Gasteiger partial charge on any atom is 0.194 e. The van der Waals surface area contributed by atoms with Gasteiger partial charge < -0.3 is 10.1 Å². The normalized spacial score (nSPS) is 15.6. The Labute approximate surface area is 202 Å². The zero-order valence-corrected chi connectivity index (χ0v) is 19.6. The van der Waals surface area contributed by atoms with E-state index in [9.17, 15) is 4.79 Å². The van der Waals surface area contributed by atoms with Crippen molar-refractivity contribution in [2.75, 3.05) is 13.1 Å². The number of carbonyl (C=O) groups excluding carboxylic acids is 1. The highest BCUT2D eigenvalue weighted by Gasteiger charge is 2.28. The van der Waals surface area contributed by atoms with Crippen LogP contribution in [0.15, 0.2) is 91.1 Å². The van der Waals surface area contributed by atoms with Gasteiger partial charge in [0.05, 0.1) is 12.2 Å². The number of fused-ring (bicyclic) bond motifs is 1. The van der Waals surface area contributed by atoms with Gasteiger partial charge in [0.15, 0.2) is 5.78 Å². The number of aromatic nitrogens is 1. The minimum atomic E-state index is -0.117. The maximum absolute atomic E-state index is 14.0. The fourth-order valence-corrected chi connectivity index (χ4v) is 5.35. The van der Waals surface area contributed by atoms with Crippen LogP contribution in [-0.4, -0.2) is 34.2 Å². The van der Waals surface area contributed by atoms with E-state index in [1.54, 1.807) is 0 Å². The Morgan fingerprint density at radius 3 is 2.32 bits per heavy atom. The molecule has 0 spiro atoms. The van der Waals surface area contributed by atoms with Crippen molar-refractivity contribution < 1.29 is 4.79 Å². The van der Waals surface area contributed by atoms with Gasteiger partial charge in [-0.2, -0.15) is 0 Å². The van der Waals surface area contributed by atoms with Crippen LogP contribution in [0.2, 0.25) is 0 Å². The van der Waals surface area contributed by atoms with Gasteiger partial charge in [-0.3, -0.25) is 9.69 Å². The zero-order valence-electron chi connectivity index (χ0n) is 19.6. The second-order valence-corrected chi connectivity index (χ2v) is 9.43. The van der Waals surface area contributed by atoms with Crippen LogP contribution in [0.25, 0.3) is 16.6 Å². The first-order valence-corrected chi connectivity index (χ1v) is 12.4. The molecule has 1 aliphatic carbocycles. The molecule has 1 fully saturated rings. The van der Waals surface area contributed by atoms with Crippen molar-refractivity contribution >= 4 is 11.3 Å². The third kappa shape index (κ3) is 4.84.